The Morgan fingerprint density at radius 2 is 2.26 bits per heavy atom. The molecule has 122 valence electrons. The lowest BCUT2D eigenvalue weighted by molar-refractivity contribution is -0.126. The third-order valence-corrected chi connectivity index (χ3v) is 4.36. The van der Waals surface area contributed by atoms with Crippen LogP contribution in [0.15, 0.2) is 34.3 Å². The lowest BCUT2D eigenvalue weighted by atomic mass is 9.96. The van der Waals surface area contributed by atoms with Crippen molar-refractivity contribution in [1.82, 2.24) is 10.2 Å². The summed E-state index contributed by atoms with van der Waals surface area (Å²) in [7, 11) is 0. The zero-order valence-electron chi connectivity index (χ0n) is 13.4. The van der Waals surface area contributed by atoms with E-state index in [0.717, 1.165) is 25.1 Å². The van der Waals surface area contributed by atoms with Gasteiger partial charge in [0, 0.05) is 13.1 Å². The van der Waals surface area contributed by atoms with Gasteiger partial charge in [-0.1, -0.05) is 18.2 Å². The van der Waals surface area contributed by atoms with E-state index in [9.17, 15) is 9.59 Å². The lowest BCUT2D eigenvalue weighted by Gasteiger charge is -2.32. The van der Waals surface area contributed by atoms with Gasteiger partial charge in [-0.05, 0) is 32.4 Å². The summed E-state index contributed by atoms with van der Waals surface area (Å²) in [6.07, 6.45) is 9.32. The van der Waals surface area contributed by atoms with Crippen LogP contribution in [0.1, 0.15) is 19.8 Å². The van der Waals surface area contributed by atoms with Crippen LogP contribution in [0.5, 0.6) is 0 Å². The number of carbonyl (C=O) groups is 2. The maximum atomic E-state index is 12.1. The van der Waals surface area contributed by atoms with Gasteiger partial charge in [0.2, 0.25) is 5.91 Å². The summed E-state index contributed by atoms with van der Waals surface area (Å²) in [6.45, 7) is 4.72. The number of carbonyl (C=O) groups excluding carboxylic acids is 2. The number of amidine groups is 1. The lowest BCUT2D eigenvalue weighted by Crippen LogP contribution is -2.45. The maximum Gasteiger partial charge on any atom is 0.260 e. The molecule has 2 aliphatic heterocycles. The van der Waals surface area contributed by atoms with Crippen LogP contribution in [0.2, 0.25) is 0 Å². The first-order valence-corrected chi connectivity index (χ1v) is 8.22. The van der Waals surface area contributed by atoms with Gasteiger partial charge in [0.05, 0.1) is 18.2 Å². The Morgan fingerprint density at radius 1 is 1.39 bits per heavy atom. The van der Waals surface area contributed by atoms with Crippen molar-refractivity contribution >= 4 is 23.4 Å². The molecule has 1 fully saturated rings. The fraction of sp³-hybridized carbons (Fsp3) is 0.529. The number of likely N-dealkylation sites (tertiary alicyclic amines) is 1. The molecule has 3 aliphatic rings. The molecule has 2 atom stereocenters. The topological polar surface area (TPSA) is 74.1 Å². The number of amides is 2. The first-order chi connectivity index (χ1) is 11.2. The van der Waals surface area contributed by atoms with E-state index in [-0.39, 0.29) is 23.7 Å². The molecule has 1 aliphatic carbocycles. The SMILES string of the molecule is CCNC(=O)C1CCCN(CC2=NC(=O)C3C=CC=CC3=N2)C1. The second-order valence-electron chi connectivity index (χ2n) is 6.09. The number of nitrogens with zero attached hydrogens (tertiary/aromatic N) is 3. The second-order valence-corrected chi connectivity index (χ2v) is 6.09. The van der Waals surface area contributed by atoms with Crippen molar-refractivity contribution in [3.63, 3.8) is 0 Å². The molecule has 23 heavy (non-hydrogen) atoms. The molecule has 0 radical (unpaired) electrons. The highest BCUT2D eigenvalue weighted by molar-refractivity contribution is 6.21. The summed E-state index contributed by atoms with van der Waals surface area (Å²) in [6, 6.07) is 0. The third kappa shape index (κ3) is 3.64. The van der Waals surface area contributed by atoms with Crippen LogP contribution >= 0.6 is 0 Å². The van der Waals surface area contributed by atoms with Gasteiger partial charge in [-0.25, -0.2) is 4.99 Å². The molecule has 0 spiro atoms. The fourth-order valence-corrected chi connectivity index (χ4v) is 3.22. The van der Waals surface area contributed by atoms with E-state index in [1.807, 2.05) is 31.2 Å². The normalized spacial score (nSPS) is 27.3. The molecule has 0 bridgehead atoms. The average molecular weight is 314 g/mol. The van der Waals surface area contributed by atoms with Crippen molar-refractivity contribution < 1.29 is 9.59 Å². The van der Waals surface area contributed by atoms with Crippen molar-refractivity contribution in [1.29, 1.82) is 0 Å². The predicted molar refractivity (Wildman–Crippen MR) is 89.5 cm³/mol. The van der Waals surface area contributed by atoms with E-state index in [1.54, 1.807) is 0 Å². The smallest absolute Gasteiger partial charge is 0.260 e. The van der Waals surface area contributed by atoms with Crippen LogP contribution in [0.25, 0.3) is 0 Å². The Balaban J connectivity index is 1.64. The summed E-state index contributed by atoms with van der Waals surface area (Å²) in [5, 5.41) is 2.89. The summed E-state index contributed by atoms with van der Waals surface area (Å²) >= 11 is 0. The average Bonchev–Trinajstić information content (AvgIpc) is 2.55. The maximum absolute atomic E-state index is 12.1. The summed E-state index contributed by atoms with van der Waals surface area (Å²) < 4.78 is 0. The Kier molecular flexibility index (Phi) is 4.81. The molecule has 1 N–H and O–H groups in total. The van der Waals surface area contributed by atoms with Gasteiger partial charge in [-0.3, -0.25) is 14.5 Å². The molecule has 0 aromatic heterocycles. The standard InChI is InChI=1S/C17H22N4O2/c1-2-18-16(22)12-6-5-9-21(10-12)11-15-19-14-8-4-3-7-13(14)17(23)20-15/h3-4,7-8,12-13H,2,5-6,9-11H2,1H3,(H,18,22). The van der Waals surface area contributed by atoms with Gasteiger partial charge >= 0.3 is 0 Å². The van der Waals surface area contributed by atoms with Crippen molar-refractivity contribution in [3.05, 3.63) is 24.3 Å². The van der Waals surface area contributed by atoms with Gasteiger partial charge in [0.15, 0.2) is 0 Å². The van der Waals surface area contributed by atoms with Crippen LogP contribution in [-0.2, 0) is 9.59 Å². The van der Waals surface area contributed by atoms with Crippen LogP contribution in [0.3, 0.4) is 0 Å². The third-order valence-electron chi connectivity index (χ3n) is 4.36. The molecule has 2 amide bonds. The van der Waals surface area contributed by atoms with Crippen molar-refractivity contribution in [2.45, 2.75) is 19.8 Å². The van der Waals surface area contributed by atoms with Crippen molar-refractivity contribution in [2.75, 3.05) is 26.2 Å². The molecule has 2 heterocycles. The fourth-order valence-electron chi connectivity index (χ4n) is 3.22. The zero-order chi connectivity index (χ0) is 16.2. The van der Waals surface area contributed by atoms with Gasteiger partial charge in [-0.15, -0.1) is 0 Å². The number of fused-ring (bicyclic) bond motifs is 1. The van der Waals surface area contributed by atoms with Crippen LogP contribution in [0.4, 0.5) is 0 Å². The first-order valence-electron chi connectivity index (χ1n) is 8.22. The molecule has 1 saturated heterocycles. The van der Waals surface area contributed by atoms with E-state index >= 15 is 0 Å². The minimum absolute atomic E-state index is 0.0153. The number of aliphatic imine (C=N–C) groups is 2. The molecule has 6 nitrogen and oxygen atoms in total. The van der Waals surface area contributed by atoms with Crippen molar-refractivity contribution in [3.8, 4) is 0 Å². The Morgan fingerprint density at radius 3 is 3.09 bits per heavy atom. The number of hydrogen-bond donors (Lipinski definition) is 1. The predicted octanol–water partition coefficient (Wildman–Crippen LogP) is 0.956. The highest BCUT2D eigenvalue weighted by Gasteiger charge is 2.29. The molecule has 0 aromatic carbocycles. The minimum Gasteiger partial charge on any atom is -0.356 e. The monoisotopic (exact) mass is 314 g/mol. The largest absolute Gasteiger partial charge is 0.356 e. The van der Waals surface area contributed by atoms with Gasteiger partial charge in [0.1, 0.15) is 11.8 Å². The molecule has 0 aromatic rings. The first kappa shape index (κ1) is 15.8. The van der Waals surface area contributed by atoms with E-state index in [1.165, 1.54) is 0 Å². The summed E-state index contributed by atoms with van der Waals surface area (Å²) in [4.78, 5) is 34.9. The molecule has 0 saturated carbocycles. The highest BCUT2D eigenvalue weighted by Crippen LogP contribution is 2.19. The second kappa shape index (κ2) is 7.00. The quantitative estimate of drug-likeness (QED) is 0.840. The summed E-state index contributed by atoms with van der Waals surface area (Å²) in [5.41, 5.74) is 0.764. The molecule has 2 unspecified atom stereocenters. The molecule has 6 heteroatoms. The number of allylic oxidation sites excluding steroid dienone is 3. The number of piperidine rings is 1. The Bertz CT molecular complexity index is 618. The molecule has 3 rings (SSSR count). The van der Waals surface area contributed by atoms with Gasteiger partial charge in [0.25, 0.3) is 5.91 Å². The summed E-state index contributed by atoms with van der Waals surface area (Å²) in [5.74, 6) is 0.209. The Labute approximate surface area is 136 Å². The van der Waals surface area contributed by atoms with E-state index in [0.29, 0.717) is 25.5 Å². The number of nitrogens with one attached hydrogen (secondary N) is 1. The Hall–Kier alpha value is -2.08. The van der Waals surface area contributed by atoms with Crippen LogP contribution < -0.4 is 5.32 Å². The van der Waals surface area contributed by atoms with E-state index in [4.69, 9.17) is 0 Å². The van der Waals surface area contributed by atoms with Gasteiger partial charge in [-0.2, -0.15) is 4.99 Å². The van der Waals surface area contributed by atoms with E-state index in [2.05, 4.69) is 20.2 Å². The van der Waals surface area contributed by atoms with Gasteiger partial charge < -0.3 is 5.32 Å². The van der Waals surface area contributed by atoms with E-state index < -0.39 is 0 Å². The number of hydrogen-bond acceptors (Lipinski definition) is 4. The molecular formula is C17H22N4O2. The molecular weight excluding hydrogens is 292 g/mol. The minimum atomic E-state index is -0.326. The number of rotatable bonds is 4. The van der Waals surface area contributed by atoms with Crippen LogP contribution in [-0.4, -0.2) is 54.4 Å². The zero-order valence-corrected chi connectivity index (χ0v) is 13.4. The van der Waals surface area contributed by atoms with Crippen molar-refractivity contribution in [2.24, 2.45) is 21.8 Å². The highest BCUT2D eigenvalue weighted by atomic mass is 16.2. The van der Waals surface area contributed by atoms with Crippen LogP contribution in [0, 0.1) is 11.8 Å².